The minimum absolute atomic E-state index is 0.550. The molecule has 0 aliphatic heterocycles. The lowest BCUT2D eigenvalue weighted by molar-refractivity contribution is 0.437. The molecule has 2 bridgehead atoms. The fourth-order valence-corrected chi connectivity index (χ4v) is 6.17. The molecule has 1 aromatic heterocycles. The van der Waals surface area contributed by atoms with Gasteiger partial charge in [0.15, 0.2) is 11.5 Å². The van der Waals surface area contributed by atoms with Crippen LogP contribution in [0.25, 0.3) is 11.1 Å². The predicted molar refractivity (Wildman–Crippen MR) is 81.7 cm³/mol. The molecule has 5 atom stereocenters. The number of alkyl halides is 1. The maximum absolute atomic E-state index is 5.87. The topological polar surface area (TPSA) is 26.0 Å². The second-order valence-electron chi connectivity index (χ2n) is 6.86. The van der Waals surface area contributed by atoms with Gasteiger partial charge in [-0.15, -0.1) is 0 Å². The van der Waals surface area contributed by atoms with Gasteiger partial charge in [-0.25, -0.2) is 4.98 Å². The van der Waals surface area contributed by atoms with Crippen LogP contribution in [0.5, 0.6) is 0 Å². The average Bonchev–Trinajstić information content (AvgIpc) is 2.78. The van der Waals surface area contributed by atoms with Crippen LogP contribution in [0.2, 0.25) is 0 Å². The van der Waals surface area contributed by atoms with E-state index in [1.165, 1.54) is 19.3 Å². The molecule has 3 aliphatic carbocycles. The third-order valence-electron chi connectivity index (χ3n) is 5.92. The zero-order chi connectivity index (χ0) is 13.3. The molecule has 0 radical (unpaired) electrons. The molecular formula is C17H18BrNO. The number of nitrogens with zero attached hydrogens (tertiary/aromatic N) is 1. The lowest BCUT2D eigenvalue weighted by atomic mass is 9.99. The van der Waals surface area contributed by atoms with Crippen LogP contribution in [0.1, 0.15) is 25.2 Å². The first-order valence-electron chi connectivity index (χ1n) is 7.80. The van der Waals surface area contributed by atoms with Crippen molar-refractivity contribution in [1.29, 1.82) is 0 Å². The standard InChI is InChI=1S/C17H18BrNO/c18-11(17-15-9-5-6-10(7-9)16(15)17)8-14-19-12-3-1-2-4-13(12)20-14/h1-4,9-11,15-17H,5-8H2. The number of hydrogen-bond donors (Lipinski definition) is 0. The predicted octanol–water partition coefficient (Wildman–Crippen LogP) is 4.43. The number of aromatic nitrogens is 1. The Morgan fingerprint density at radius 1 is 1.20 bits per heavy atom. The van der Waals surface area contributed by atoms with Gasteiger partial charge in [0.1, 0.15) is 5.52 Å². The van der Waals surface area contributed by atoms with E-state index in [2.05, 4.69) is 20.9 Å². The van der Waals surface area contributed by atoms with Crippen molar-refractivity contribution in [3.8, 4) is 0 Å². The molecule has 5 unspecified atom stereocenters. The van der Waals surface area contributed by atoms with E-state index in [-0.39, 0.29) is 0 Å². The SMILES string of the molecule is BrC(Cc1nc2ccccc2o1)C1C2C3CCC(C3)C12. The van der Waals surface area contributed by atoms with Gasteiger partial charge in [-0.1, -0.05) is 28.1 Å². The Morgan fingerprint density at radius 3 is 2.70 bits per heavy atom. The van der Waals surface area contributed by atoms with E-state index in [9.17, 15) is 0 Å². The number of para-hydroxylation sites is 2. The van der Waals surface area contributed by atoms with E-state index in [0.29, 0.717) is 4.83 Å². The van der Waals surface area contributed by atoms with E-state index in [1.54, 1.807) is 0 Å². The van der Waals surface area contributed by atoms with Crippen LogP contribution >= 0.6 is 15.9 Å². The molecule has 0 amide bonds. The minimum Gasteiger partial charge on any atom is -0.441 e. The first-order valence-corrected chi connectivity index (χ1v) is 8.71. The third kappa shape index (κ3) is 1.59. The van der Waals surface area contributed by atoms with Crippen LogP contribution in [-0.2, 0) is 6.42 Å². The molecule has 1 aromatic carbocycles. The molecule has 1 heterocycles. The molecule has 3 saturated carbocycles. The van der Waals surface area contributed by atoms with Crippen LogP contribution in [0.3, 0.4) is 0 Å². The highest BCUT2D eigenvalue weighted by atomic mass is 79.9. The van der Waals surface area contributed by atoms with Crippen molar-refractivity contribution in [2.24, 2.45) is 29.6 Å². The second-order valence-corrected chi connectivity index (χ2v) is 8.04. The van der Waals surface area contributed by atoms with E-state index in [1.807, 2.05) is 24.3 Å². The largest absolute Gasteiger partial charge is 0.441 e. The van der Waals surface area contributed by atoms with Gasteiger partial charge in [-0.2, -0.15) is 0 Å². The summed E-state index contributed by atoms with van der Waals surface area (Å²) >= 11 is 3.94. The lowest BCUT2D eigenvalue weighted by Gasteiger charge is -2.12. The van der Waals surface area contributed by atoms with Gasteiger partial charge in [0.2, 0.25) is 0 Å². The maximum atomic E-state index is 5.87. The van der Waals surface area contributed by atoms with Crippen molar-refractivity contribution in [2.75, 3.05) is 0 Å². The number of benzene rings is 1. The molecule has 3 aliphatic rings. The molecule has 20 heavy (non-hydrogen) atoms. The van der Waals surface area contributed by atoms with Gasteiger partial charge in [-0.3, -0.25) is 0 Å². The van der Waals surface area contributed by atoms with Gasteiger partial charge < -0.3 is 4.42 Å². The summed E-state index contributed by atoms with van der Waals surface area (Å²) < 4.78 is 5.87. The number of rotatable bonds is 3. The second kappa shape index (κ2) is 4.09. The van der Waals surface area contributed by atoms with Gasteiger partial charge in [-0.05, 0) is 61.0 Å². The molecule has 0 spiro atoms. The molecule has 3 heteroatoms. The molecular weight excluding hydrogens is 314 g/mol. The molecule has 3 fully saturated rings. The van der Waals surface area contributed by atoms with Gasteiger partial charge in [0.05, 0.1) is 0 Å². The van der Waals surface area contributed by atoms with Crippen molar-refractivity contribution >= 4 is 27.0 Å². The summed E-state index contributed by atoms with van der Waals surface area (Å²) in [7, 11) is 0. The molecule has 104 valence electrons. The number of oxazole rings is 1. The van der Waals surface area contributed by atoms with Crippen molar-refractivity contribution in [3.05, 3.63) is 30.2 Å². The zero-order valence-electron chi connectivity index (χ0n) is 11.3. The maximum Gasteiger partial charge on any atom is 0.196 e. The lowest BCUT2D eigenvalue weighted by Crippen LogP contribution is -2.12. The van der Waals surface area contributed by atoms with E-state index in [4.69, 9.17) is 4.42 Å². The van der Waals surface area contributed by atoms with Gasteiger partial charge in [0.25, 0.3) is 0 Å². The highest BCUT2D eigenvalue weighted by molar-refractivity contribution is 9.09. The summed E-state index contributed by atoms with van der Waals surface area (Å²) in [6.07, 6.45) is 5.44. The van der Waals surface area contributed by atoms with Crippen molar-refractivity contribution in [3.63, 3.8) is 0 Å². The van der Waals surface area contributed by atoms with Crippen molar-refractivity contribution in [2.45, 2.75) is 30.5 Å². The van der Waals surface area contributed by atoms with Crippen molar-refractivity contribution in [1.82, 2.24) is 4.98 Å². The van der Waals surface area contributed by atoms with Gasteiger partial charge in [0, 0.05) is 11.2 Å². The Morgan fingerprint density at radius 2 is 1.95 bits per heavy atom. The first-order chi connectivity index (χ1) is 9.81. The molecule has 0 N–H and O–H groups in total. The fourth-order valence-electron chi connectivity index (χ4n) is 5.19. The van der Waals surface area contributed by atoms with Crippen LogP contribution in [0.4, 0.5) is 0 Å². The molecule has 0 saturated heterocycles. The molecule has 5 rings (SSSR count). The highest BCUT2D eigenvalue weighted by Crippen LogP contribution is 2.71. The highest BCUT2D eigenvalue weighted by Gasteiger charge is 2.66. The Bertz CT molecular complexity index is 617. The van der Waals surface area contributed by atoms with Gasteiger partial charge >= 0.3 is 0 Å². The van der Waals surface area contributed by atoms with E-state index in [0.717, 1.165) is 53.0 Å². The number of halogens is 1. The summed E-state index contributed by atoms with van der Waals surface area (Å²) in [4.78, 5) is 5.16. The summed E-state index contributed by atoms with van der Waals surface area (Å²) in [5, 5.41) is 0. The van der Waals surface area contributed by atoms with E-state index >= 15 is 0 Å². The summed E-state index contributed by atoms with van der Waals surface area (Å²) in [6.45, 7) is 0. The van der Waals surface area contributed by atoms with Crippen LogP contribution in [0, 0.1) is 29.6 Å². The Balaban J connectivity index is 1.34. The summed E-state index contributed by atoms with van der Waals surface area (Å²) in [5.74, 6) is 5.89. The normalized spacial score (nSPS) is 39.1. The molecule has 2 aromatic rings. The van der Waals surface area contributed by atoms with Crippen LogP contribution in [-0.4, -0.2) is 9.81 Å². The monoisotopic (exact) mass is 331 g/mol. The van der Waals surface area contributed by atoms with Crippen molar-refractivity contribution < 1.29 is 4.42 Å². The first kappa shape index (κ1) is 11.8. The van der Waals surface area contributed by atoms with Crippen LogP contribution < -0.4 is 0 Å². The Labute approximate surface area is 127 Å². The van der Waals surface area contributed by atoms with E-state index < -0.39 is 0 Å². The number of hydrogen-bond acceptors (Lipinski definition) is 2. The summed E-state index contributed by atoms with van der Waals surface area (Å²) in [6, 6.07) is 8.05. The third-order valence-corrected chi connectivity index (χ3v) is 6.85. The quantitative estimate of drug-likeness (QED) is 0.778. The molecule has 2 nitrogen and oxygen atoms in total. The summed E-state index contributed by atoms with van der Waals surface area (Å²) in [5.41, 5.74) is 1.90. The Kier molecular flexibility index (Phi) is 2.41. The van der Waals surface area contributed by atoms with Crippen LogP contribution in [0.15, 0.2) is 28.7 Å². The fraction of sp³-hybridized carbons (Fsp3) is 0.588. The smallest absolute Gasteiger partial charge is 0.196 e. The zero-order valence-corrected chi connectivity index (χ0v) is 12.9. The minimum atomic E-state index is 0.550. The average molecular weight is 332 g/mol. The number of fused-ring (bicyclic) bond motifs is 6. The Hall–Kier alpha value is -0.830.